The Morgan fingerprint density at radius 1 is 1.14 bits per heavy atom. The summed E-state index contributed by atoms with van der Waals surface area (Å²) in [6, 6.07) is 9.94. The van der Waals surface area contributed by atoms with E-state index in [0.717, 1.165) is 60.7 Å². The van der Waals surface area contributed by atoms with Gasteiger partial charge in [-0.25, -0.2) is 9.50 Å². The van der Waals surface area contributed by atoms with Crippen LogP contribution in [-0.4, -0.2) is 52.3 Å². The second kappa shape index (κ2) is 9.74. The van der Waals surface area contributed by atoms with Crippen LogP contribution in [0, 0.1) is 6.92 Å². The summed E-state index contributed by atoms with van der Waals surface area (Å²) >= 11 is 0. The van der Waals surface area contributed by atoms with E-state index in [0.29, 0.717) is 5.88 Å². The van der Waals surface area contributed by atoms with E-state index in [1.54, 1.807) is 7.11 Å². The van der Waals surface area contributed by atoms with E-state index >= 15 is 0 Å². The summed E-state index contributed by atoms with van der Waals surface area (Å²) < 4.78 is 13.3. The molecule has 0 amide bonds. The maximum atomic E-state index is 6.09. The molecule has 3 aromatic rings. The molecule has 2 aromatic heterocycles. The topological polar surface area (TPSA) is 51.9 Å². The number of ether oxygens (including phenoxy) is 2. The highest BCUT2D eigenvalue weighted by Crippen LogP contribution is 2.27. The quantitative estimate of drug-likeness (QED) is 0.501. The van der Waals surface area contributed by atoms with Gasteiger partial charge < -0.3 is 14.4 Å². The van der Waals surface area contributed by atoms with Gasteiger partial charge in [0.15, 0.2) is 5.65 Å². The highest BCUT2D eigenvalue weighted by Gasteiger charge is 2.12. The Kier molecular flexibility index (Phi) is 7.09. The minimum atomic E-state index is 0.116. The SMILES string of the molecule is CCN(CC)CCCC(C)Oc1ccc2ncc(-c3ccc(OC)c(C)c3)n2n1. The lowest BCUT2D eigenvalue weighted by Crippen LogP contribution is -2.25. The fourth-order valence-corrected chi connectivity index (χ4v) is 3.56. The molecule has 0 bridgehead atoms. The zero-order chi connectivity index (χ0) is 20.8. The Bertz CT molecular complexity index is 934. The molecular formula is C23H32N4O2. The molecule has 0 saturated heterocycles. The van der Waals surface area contributed by atoms with Gasteiger partial charge in [-0.3, -0.25) is 0 Å². The normalized spacial score (nSPS) is 12.5. The van der Waals surface area contributed by atoms with Crippen LogP contribution in [0.2, 0.25) is 0 Å². The van der Waals surface area contributed by atoms with Crippen molar-refractivity contribution in [3.63, 3.8) is 0 Å². The molecule has 1 atom stereocenters. The zero-order valence-corrected chi connectivity index (χ0v) is 18.2. The average Bonchev–Trinajstić information content (AvgIpc) is 3.14. The van der Waals surface area contributed by atoms with E-state index in [-0.39, 0.29) is 6.10 Å². The summed E-state index contributed by atoms with van der Waals surface area (Å²) in [5.74, 6) is 1.50. The molecule has 6 nitrogen and oxygen atoms in total. The molecule has 2 heterocycles. The van der Waals surface area contributed by atoms with E-state index in [4.69, 9.17) is 9.47 Å². The second-order valence-corrected chi connectivity index (χ2v) is 7.37. The van der Waals surface area contributed by atoms with Crippen LogP contribution < -0.4 is 9.47 Å². The minimum absolute atomic E-state index is 0.116. The van der Waals surface area contributed by atoms with Crippen molar-refractivity contribution in [3.05, 3.63) is 42.1 Å². The maximum absolute atomic E-state index is 6.09. The Morgan fingerprint density at radius 2 is 1.93 bits per heavy atom. The van der Waals surface area contributed by atoms with Crippen molar-refractivity contribution in [1.29, 1.82) is 0 Å². The Labute approximate surface area is 173 Å². The van der Waals surface area contributed by atoms with Crippen LogP contribution in [0.1, 0.15) is 39.2 Å². The van der Waals surface area contributed by atoms with Crippen molar-refractivity contribution >= 4 is 5.65 Å². The Morgan fingerprint density at radius 3 is 2.62 bits per heavy atom. The fourth-order valence-electron chi connectivity index (χ4n) is 3.56. The molecule has 0 N–H and O–H groups in total. The first-order chi connectivity index (χ1) is 14.0. The van der Waals surface area contributed by atoms with Crippen LogP contribution in [0.15, 0.2) is 36.5 Å². The molecule has 0 aliphatic rings. The van der Waals surface area contributed by atoms with Crippen molar-refractivity contribution < 1.29 is 9.47 Å². The van der Waals surface area contributed by atoms with Crippen LogP contribution in [0.5, 0.6) is 11.6 Å². The lowest BCUT2D eigenvalue weighted by molar-refractivity contribution is 0.186. The van der Waals surface area contributed by atoms with Gasteiger partial charge in [-0.05, 0) is 76.2 Å². The number of aromatic nitrogens is 3. The van der Waals surface area contributed by atoms with Crippen molar-refractivity contribution in [3.8, 4) is 22.9 Å². The van der Waals surface area contributed by atoms with E-state index < -0.39 is 0 Å². The smallest absolute Gasteiger partial charge is 0.232 e. The van der Waals surface area contributed by atoms with Crippen LogP contribution >= 0.6 is 0 Å². The zero-order valence-electron chi connectivity index (χ0n) is 18.2. The molecule has 6 heteroatoms. The first-order valence-corrected chi connectivity index (χ1v) is 10.4. The van der Waals surface area contributed by atoms with Crippen molar-refractivity contribution in [2.45, 2.75) is 46.6 Å². The van der Waals surface area contributed by atoms with Crippen LogP contribution in [0.3, 0.4) is 0 Å². The molecule has 0 aliphatic carbocycles. The molecule has 0 radical (unpaired) electrons. The van der Waals surface area contributed by atoms with Crippen molar-refractivity contribution in [2.24, 2.45) is 0 Å². The number of imidazole rings is 1. The largest absolute Gasteiger partial charge is 0.496 e. The summed E-state index contributed by atoms with van der Waals surface area (Å²) in [6.45, 7) is 11.8. The highest BCUT2D eigenvalue weighted by molar-refractivity contribution is 5.65. The van der Waals surface area contributed by atoms with Gasteiger partial charge in [0.2, 0.25) is 5.88 Å². The number of benzene rings is 1. The third-order valence-electron chi connectivity index (χ3n) is 5.33. The van der Waals surface area contributed by atoms with Crippen molar-refractivity contribution in [2.75, 3.05) is 26.7 Å². The minimum Gasteiger partial charge on any atom is -0.496 e. The van der Waals surface area contributed by atoms with Crippen molar-refractivity contribution in [1.82, 2.24) is 19.5 Å². The van der Waals surface area contributed by atoms with Gasteiger partial charge in [-0.15, -0.1) is 5.10 Å². The summed E-state index contributed by atoms with van der Waals surface area (Å²) in [5.41, 5.74) is 3.86. The Balaban J connectivity index is 1.73. The molecule has 0 aliphatic heterocycles. The number of aryl methyl sites for hydroxylation is 1. The van der Waals surface area contributed by atoms with E-state index in [1.807, 2.05) is 41.9 Å². The van der Waals surface area contributed by atoms with Crippen LogP contribution in [0.4, 0.5) is 0 Å². The third kappa shape index (κ3) is 5.07. The lowest BCUT2D eigenvalue weighted by Gasteiger charge is -2.19. The molecule has 0 fully saturated rings. The van der Waals surface area contributed by atoms with Gasteiger partial charge in [0, 0.05) is 11.6 Å². The van der Waals surface area contributed by atoms with Gasteiger partial charge >= 0.3 is 0 Å². The van der Waals surface area contributed by atoms with E-state index in [9.17, 15) is 0 Å². The van der Waals surface area contributed by atoms with Gasteiger partial charge in [0.1, 0.15) is 5.75 Å². The Hall–Kier alpha value is -2.60. The summed E-state index contributed by atoms with van der Waals surface area (Å²) in [7, 11) is 1.69. The number of fused-ring (bicyclic) bond motifs is 1. The second-order valence-electron chi connectivity index (χ2n) is 7.37. The third-order valence-corrected chi connectivity index (χ3v) is 5.33. The average molecular weight is 397 g/mol. The van der Waals surface area contributed by atoms with Gasteiger partial charge in [-0.2, -0.15) is 0 Å². The maximum Gasteiger partial charge on any atom is 0.232 e. The molecule has 0 spiro atoms. The number of hydrogen-bond acceptors (Lipinski definition) is 5. The predicted octanol–water partition coefficient (Wildman–Crippen LogP) is 4.60. The predicted molar refractivity (Wildman–Crippen MR) is 117 cm³/mol. The van der Waals surface area contributed by atoms with Crippen LogP contribution in [-0.2, 0) is 0 Å². The number of methoxy groups -OCH3 is 1. The molecule has 29 heavy (non-hydrogen) atoms. The molecule has 0 saturated carbocycles. The first-order valence-electron chi connectivity index (χ1n) is 10.4. The fraction of sp³-hybridized carbons (Fsp3) is 0.478. The molecule has 1 aromatic carbocycles. The monoisotopic (exact) mass is 396 g/mol. The molecule has 156 valence electrons. The van der Waals surface area contributed by atoms with Gasteiger partial charge in [0.05, 0.1) is 25.1 Å². The number of nitrogens with zero attached hydrogens (tertiary/aromatic N) is 4. The summed E-state index contributed by atoms with van der Waals surface area (Å²) in [4.78, 5) is 6.92. The standard InChI is InChI=1S/C23H32N4O2/c1-6-26(7-2)14-8-9-18(4)29-23-13-12-22-24-16-20(27(22)25-23)19-10-11-21(28-5)17(3)15-19/h10-13,15-16,18H,6-9,14H2,1-5H3. The van der Waals surface area contributed by atoms with E-state index in [2.05, 4.69) is 41.8 Å². The first kappa shape index (κ1) is 21.1. The van der Waals surface area contributed by atoms with Crippen LogP contribution in [0.25, 0.3) is 16.9 Å². The summed E-state index contributed by atoms with van der Waals surface area (Å²) in [6.07, 6.45) is 4.09. The molecule has 1 unspecified atom stereocenters. The lowest BCUT2D eigenvalue weighted by atomic mass is 10.1. The van der Waals surface area contributed by atoms with Gasteiger partial charge in [0.25, 0.3) is 0 Å². The number of hydrogen-bond donors (Lipinski definition) is 0. The molecular weight excluding hydrogens is 364 g/mol. The van der Waals surface area contributed by atoms with E-state index in [1.165, 1.54) is 0 Å². The summed E-state index contributed by atoms with van der Waals surface area (Å²) in [5, 5.41) is 4.69. The molecule has 3 rings (SSSR count). The number of rotatable bonds is 10. The van der Waals surface area contributed by atoms with Gasteiger partial charge in [-0.1, -0.05) is 13.8 Å². The highest BCUT2D eigenvalue weighted by atomic mass is 16.5.